The Bertz CT molecular complexity index is 3610. The first kappa shape index (κ1) is 107. The first-order valence-corrected chi connectivity index (χ1v) is 49.4. The number of aliphatic hydroxyl groups is 1. The molecule has 0 heterocycles. The average Bonchev–Trinajstić information content (AvgIpc) is 0.781. The lowest BCUT2D eigenvalue weighted by atomic mass is 9.43. The molecule has 0 spiro atoms. The van der Waals surface area contributed by atoms with Crippen LogP contribution >= 0.6 is 0 Å². The average molecular weight is 1720 g/mol. The van der Waals surface area contributed by atoms with E-state index in [1.165, 1.54) is 119 Å². The van der Waals surface area contributed by atoms with Crippen LogP contribution in [0.2, 0.25) is 0 Å². The third kappa shape index (κ3) is 28.9. The molecule has 0 aromatic heterocycles. The molecule has 4 aromatic carbocycles. The maximum Gasteiger partial charge on any atom is 0.312 e. The Morgan fingerprint density at radius 3 is 1.05 bits per heavy atom. The SMILES string of the molecule is CCC(C)(C)C(=O)OC(C)(C)C12CC3CC(CC(O)(C3)C1)C2.CCC(C)C(=O)OC(C)(C)C1CC2CCC1C2.CCC(C)C(=O)OC(C)(C)C1CCCCC1.CCC(C)c1ccc(O)cc1.CCC(C)c1ccc(O)cc1.CCC(C)c1ccc(O)cc1.CCC(C)c1ccc(O)cc1.CCOC12CC3CC(C1)CC(C(C)(CC)OC(=O)C(C)(C)CC)(C3)C2. The van der Waals surface area contributed by atoms with E-state index in [0.717, 1.165) is 127 Å². The summed E-state index contributed by atoms with van der Waals surface area (Å²) in [5.41, 5.74) is 2.53. The lowest BCUT2D eigenvalue weighted by Crippen LogP contribution is -2.64. The van der Waals surface area contributed by atoms with Crippen molar-refractivity contribution in [2.24, 2.45) is 80.8 Å². The zero-order valence-electron chi connectivity index (χ0n) is 83.2. The van der Waals surface area contributed by atoms with Gasteiger partial charge in [0, 0.05) is 23.4 Å². The summed E-state index contributed by atoms with van der Waals surface area (Å²) in [5, 5.41) is 47.0. The second-order valence-corrected chi connectivity index (χ2v) is 43.6. The fourth-order valence-electron chi connectivity index (χ4n) is 22.1. The van der Waals surface area contributed by atoms with Gasteiger partial charge < -0.3 is 49.2 Å². The van der Waals surface area contributed by atoms with Gasteiger partial charge in [0.25, 0.3) is 0 Å². The first-order chi connectivity index (χ1) is 58.0. The van der Waals surface area contributed by atoms with Crippen molar-refractivity contribution in [3.63, 3.8) is 0 Å². The van der Waals surface area contributed by atoms with Crippen LogP contribution in [0.5, 0.6) is 23.0 Å². The number of aromatic hydroxyl groups is 4. The predicted octanol–water partition coefficient (Wildman–Crippen LogP) is 28.9. The van der Waals surface area contributed by atoms with Gasteiger partial charge in [-0.1, -0.05) is 178 Å². The fraction of sp³-hybridized carbons (Fsp3) is 0.745. The molecule has 0 aliphatic heterocycles. The Morgan fingerprint density at radius 2 is 0.734 bits per heavy atom. The monoisotopic (exact) mass is 1720 g/mol. The van der Waals surface area contributed by atoms with Crippen LogP contribution in [-0.2, 0) is 42.9 Å². The molecule has 15 rings (SSSR count). The topological polar surface area (TPSA) is 216 Å². The number of carbonyl (C=O) groups excluding carboxylic acids is 4. The van der Waals surface area contributed by atoms with Crippen LogP contribution in [-0.4, -0.2) is 89.6 Å². The highest BCUT2D eigenvalue weighted by Crippen LogP contribution is 2.69. The second-order valence-electron chi connectivity index (χ2n) is 43.6. The normalized spacial score (nSPS) is 27.0. The Hall–Kier alpha value is -6.12. The van der Waals surface area contributed by atoms with Gasteiger partial charge in [0.05, 0.1) is 33.9 Å². The maximum atomic E-state index is 12.9. The van der Waals surface area contributed by atoms with Gasteiger partial charge in [-0.25, -0.2) is 0 Å². The highest BCUT2D eigenvalue weighted by atomic mass is 16.6. The van der Waals surface area contributed by atoms with Crippen LogP contribution in [0.15, 0.2) is 97.1 Å². The Balaban J connectivity index is 0.000000224. The largest absolute Gasteiger partial charge is 0.508 e. The van der Waals surface area contributed by atoms with E-state index < -0.39 is 22.0 Å². The summed E-state index contributed by atoms with van der Waals surface area (Å²) < 4.78 is 30.3. The maximum absolute atomic E-state index is 12.9. The predicted molar refractivity (Wildman–Crippen MR) is 509 cm³/mol. The molecule has 124 heavy (non-hydrogen) atoms. The molecule has 0 radical (unpaired) electrons. The lowest BCUT2D eigenvalue weighted by molar-refractivity contribution is -0.251. The summed E-state index contributed by atoms with van der Waals surface area (Å²) in [6, 6.07) is 29.7. The smallest absolute Gasteiger partial charge is 0.312 e. The van der Waals surface area contributed by atoms with Crippen molar-refractivity contribution in [2.45, 2.75) is 437 Å². The summed E-state index contributed by atoms with van der Waals surface area (Å²) in [6.07, 6.45) is 34.0. The highest BCUT2D eigenvalue weighted by Gasteiger charge is 2.66. The number of fused-ring (bicyclic) bond motifs is 2. The van der Waals surface area contributed by atoms with Crippen LogP contribution in [0, 0.1) is 80.8 Å². The molecule has 14 heteroatoms. The molecule has 11 fully saturated rings. The van der Waals surface area contributed by atoms with E-state index >= 15 is 0 Å². The van der Waals surface area contributed by atoms with Crippen molar-refractivity contribution in [3.05, 3.63) is 119 Å². The van der Waals surface area contributed by atoms with Crippen molar-refractivity contribution in [3.8, 4) is 23.0 Å². The number of carbonyl (C=O) groups is 4. The van der Waals surface area contributed by atoms with Crippen LogP contribution in [0.4, 0.5) is 0 Å². The van der Waals surface area contributed by atoms with Crippen molar-refractivity contribution >= 4 is 23.9 Å². The molecule has 11 aliphatic carbocycles. The zero-order chi connectivity index (χ0) is 92.8. The summed E-state index contributed by atoms with van der Waals surface area (Å²) >= 11 is 0. The molecule has 702 valence electrons. The standard InChI is InChI=1S/C22H38O3.C19H32O3.C15H26O2.C14H26O2.4C10H14O/c1-7-19(4,5)18(23)25-20(6,8-2)21-11-16-10-17(12-21)14-22(13-16,15-21)24-9-3;1-6-16(2,3)15(20)22-17(4,5)18-8-13-7-14(9-18)11-19(21,10-13)12-18;1-5-10(2)14(16)17-15(3,4)13-9-11-6-7-12(13)8-11;1-5-11(2)13(15)16-14(3,4)12-9-7-6-8-10-12;4*1-3-8(2)9-4-6-10(11)7-5-9/h16-17H,7-15H2,1-6H3;13-14,21H,6-12H2,1-5H3;10-13H,5-9H2,1-4H3;11-12H,5-10H2,1-4H3;4*4-8,11H,3H2,1-2H3. The van der Waals surface area contributed by atoms with Gasteiger partial charge in [-0.05, 0) is 386 Å². The molecule has 4 aromatic rings. The molecule has 11 aliphatic rings. The van der Waals surface area contributed by atoms with Crippen molar-refractivity contribution in [1.29, 1.82) is 0 Å². The summed E-state index contributed by atoms with van der Waals surface area (Å²) in [6.45, 7) is 57.2. The summed E-state index contributed by atoms with van der Waals surface area (Å²) in [5.74, 6) is 9.23. The van der Waals surface area contributed by atoms with Crippen molar-refractivity contribution in [2.75, 3.05) is 6.61 Å². The Labute approximate surface area is 754 Å². The first-order valence-electron chi connectivity index (χ1n) is 49.4. The molecule has 0 saturated heterocycles. The minimum absolute atomic E-state index is 0.0136. The van der Waals surface area contributed by atoms with Crippen LogP contribution in [0.1, 0.15) is 425 Å². The Morgan fingerprint density at radius 1 is 0.379 bits per heavy atom. The molecular weight excluding hydrogens is 1550 g/mol. The van der Waals surface area contributed by atoms with Crippen molar-refractivity contribution in [1.82, 2.24) is 0 Å². The quantitative estimate of drug-likeness (QED) is 0.0277. The number of phenolic OH excluding ortho intramolecular Hbond substituents is 4. The van der Waals surface area contributed by atoms with E-state index in [-0.39, 0.29) is 68.9 Å². The molecule has 14 unspecified atom stereocenters. The third-order valence-corrected chi connectivity index (χ3v) is 32.4. The van der Waals surface area contributed by atoms with E-state index in [9.17, 15) is 24.3 Å². The number of hydrogen-bond donors (Lipinski definition) is 5. The minimum Gasteiger partial charge on any atom is -0.508 e. The van der Waals surface area contributed by atoms with Gasteiger partial charge in [0.15, 0.2) is 0 Å². The zero-order valence-corrected chi connectivity index (χ0v) is 83.2. The number of hydrogen-bond acceptors (Lipinski definition) is 14. The number of phenols is 4. The number of rotatable bonds is 27. The Kier molecular flexibility index (Phi) is 39.9. The molecular formula is C110H178O14. The van der Waals surface area contributed by atoms with Gasteiger partial charge >= 0.3 is 23.9 Å². The van der Waals surface area contributed by atoms with Gasteiger partial charge in [-0.3, -0.25) is 19.2 Å². The van der Waals surface area contributed by atoms with Gasteiger partial charge in [0.1, 0.15) is 45.4 Å². The summed E-state index contributed by atoms with van der Waals surface area (Å²) in [7, 11) is 0. The van der Waals surface area contributed by atoms with Crippen LogP contribution in [0.3, 0.4) is 0 Å². The third-order valence-electron chi connectivity index (χ3n) is 32.4. The van der Waals surface area contributed by atoms with Crippen molar-refractivity contribution < 1.29 is 68.4 Å². The molecule has 14 nitrogen and oxygen atoms in total. The van der Waals surface area contributed by atoms with E-state index in [2.05, 4.69) is 125 Å². The van der Waals surface area contributed by atoms with E-state index in [4.69, 9.17) is 44.1 Å². The second kappa shape index (κ2) is 46.4. The number of esters is 4. The fourth-order valence-corrected chi connectivity index (χ4v) is 22.1. The minimum atomic E-state index is -0.506. The van der Waals surface area contributed by atoms with Gasteiger partial charge in [0.2, 0.25) is 0 Å². The molecule has 11 saturated carbocycles. The summed E-state index contributed by atoms with van der Waals surface area (Å²) in [4.78, 5) is 49.3. The molecule has 0 amide bonds. The van der Waals surface area contributed by atoms with Crippen LogP contribution < -0.4 is 0 Å². The molecule has 10 bridgehead atoms. The molecule has 14 atom stereocenters. The highest BCUT2D eigenvalue weighted by molar-refractivity contribution is 5.77. The van der Waals surface area contributed by atoms with E-state index in [0.29, 0.717) is 70.3 Å². The van der Waals surface area contributed by atoms with Gasteiger partial charge in [-0.15, -0.1) is 0 Å². The number of ether oxygens (including phenoxy) is 5. The number of benzene rings is 4. The molecule has 5 N–H and O–H groups in total. The van der Waals surface area contributed by atoms with Crippen LogP contribution in [0.25, 0.3) is 0 Å². The van der Waals surface area contributed by atoms with Gasteiger partial charge in [-0.2, -0.15) is 0 Å². The van der Waals surface area contributed by atoms with E-state index in [1.54, 1.807) is 48.5 Å². The lowest BCUT2D eigenvalue weighted by Gasteiger charge is -2.66. The van der Waals surface area contributed by atoms with E-state index in [1.807, 2.05) is 111 Å².